The zero-order valence-corrected chi connectivity index (χ0v) is 9.55. The molecule has 2 N–H and O–H groups in total. The Labute approximate surface area is 98.2 Å². The molecular weight excluding hydrogens is 224 g/mol. The molecule has 2 rings (SSSR count). The van der Waals surface area contributed by atoms with E-state index in [-0.39, 0.29) is 17.4 Å². The first-order valence-electron chi connectivity index (χ1n) is 5.26. The van der Waals surface area contributed by atoms with Crippen LogP contribution in [0.1, 0.15) is 16.9 Å². The molecule has 1 amide bonds. The van der Waals surface area contributed by atoms with Gasteiger partial charge in [-0.3, -0.25) is 4.79 Å². The second kappa shape index (κ2) is 4.96. The van der Waals surface area contributed by atoms with Gasteiger partial charge in [0.15, 0.2) is 0 Å². The standard InChI is InChI=1S/C10H14N4O3/c1-16-6-7-2-4-14(5-3-7)10(15)8-9(11)13-17-12-8/h2H,3-6H2,1H3,(H2,11,13). The lowest BCUT2D eigenvalue weighted by molar-refractivity contribution is 0.0754. The van der Waals surface area contributed by atoms with Crippen LogP contribution in [0.15, 0.2) is 16.3 Å². The monoisotopic (exact) mass is 238 g/mol. The molecule has 92 valence electrons. The van der Waals surface area contributed by atoms with Gasteiger partial charge in [0.05, 0.1) is 6.61 Å². The first-order valence-corrected chi connectivity index (χ1v) is 5.26. The molecule has 0 aromatic carbocycles. The van der Waals surface area contributed by atoms with Crippen LogP contribution in [0.5, 0.6) is 0 Å². The molecule has 0 saturated carbocycles. The van der Waals surface area contributed by atoms with E-state index in [1.165, 1.54) is 5.57 Å². The zero-order chi connectivity index (χ0) is 12.3. The lowest BCUT2D eigenvalue weighted by atomic mass is 10.1. The fourth-order valence-corrected chi connectivity index (χ4v) is 1.71. The summed E-state index contributed by atoms with van der Waals surface area (Å²) in [6, 6.07) is 0. The third kappa shape index (κ3) is 2.44. The van der Waals surface area contributed by atoms with Crippen LogP contribution in [0, 0.1) is 0 Å². The predicted octanol–water partition coefficient (Wildman–Crippen LogP) is 0.0705. The maximum absolute atomic E-state index is 12.0. The lowest BCUT2D eigenvalue weighted by Crippen LogP contribution is -2.35. The number of methoxy groups -OCH3 is 1. The van der Waals surface area contributed by atoms with Gasteiger partial charge < -0.3 is 15.4 Å². The van der Waals surface area contributed by atoms with E-state index >= 15 is 0 Å². The molecule has 2 heterocycles. The SMILES string of the molecule is COCC1=CCN(C(=O)c2nonc2N)CC1. The van der Waals surface area contributed by atoms with E-state index < -0.39 is 0 Å². The molecule has 1 aromatic rings. The highest BCUT2D eigenvalue weighted by atomic mass is 16.6. The van der Waals surface area contributed by atoms with Crippen molar-refractivity contribution in [3.05, 3.63) is 17.3 Å². The molecule has 0 radical (unpaired) electrons. The van der Waals surface area contributed by atoms with Gasteiger partial charge in [0, 0.05) is 20.2 Å². The molecule has 0 bridgehead atoms. The van der Waals surface area contributed by atoms with Crippen molar-refractivity contribution in [2.75, 3.05) is 32.5 Å². The second-order valence-electron chi connectivity index (χ2n) is 3.79. The Kier molecular flexibility index (Phi) is 3.38. The van der Waals surface area contributed by atoms with Gasteiger partial charge in [0.2, 0.25) is 11.5 Å². The van der Waals surface area contributed by atoms with Gasteiger partial charge in [-0.15, -0.1) is 0 Å². The fourth-order valence-electron chi connectivity index (χ4n) is 1.71. The average molecular weight is 238 g/mol. The van der Waals surface area contributed by atoms with E-state index in [0.29, 0.717) is 19.7 Å². The molecule has 7 heteroatoms. The van der Waals surface area contributed by atoms with Gasteiger partial charge in [0.1, 0.15) is 0 Å². The Morgan fingerprint density at radius 3 is 3.00 bits per heavy atom. The molecule has 0 unspecified atom stereocenters. The number of ether oxygens (including phenoxy) is 1. The summed E-state index contributed by atoms with van der Waals surface area (Å²) in [6.45, 7) is 1.76. The normalized spacial score (nSPS) is 15.8. The minimum absolute atomic E-state index is 0.0293. The Balaban J connectivity index is 2.02. The van der Waals surface area contributed by atoms with Crippen molar-refractivity contribution >= 4 is 11.7 Å². The molecule has 17 heavy (non-hydrogen) atoms. The number of carbonyl (C=O) groups excluding carboxylic acids is 1. The molecular formula is C10H14N4O3. The molecule has 0 spiro atoms. The molecule has 1 aliphatic heterocycles. The van der Waals surface area contributed by atoms with Crippen molar-refractivity contribution in [1.82, 2.24) is 15.2 Å². The highest BCUT2D eigenvalue weighted by Gasteiger charge is 2.24. The quantitative estimate of drug-likeness (QED) is 0.749. The van der Waals surface area contributed by atoms with E-state index in [1.807, 2.05) is 6.08 Å². The Morgan fingerprint density at radius 1 is 1.65 bits per heavy atom. The van der Waals surface area contributed by atoms with Crippen molar-refractivity contribution in [2.45, 2.75) is 6.42 Å². The van der Waals surface area contributed by atoms with E-state index in [1.54, 1.807) is 12.0 Å². The minimum atomic E-state index is -0.253. The molecule has 0 atom stereocenters. The number of carbonyl (C=O) groups is 1. The van der Waals surface area contributed by atoms with Crippen LogP contribution < -0.4 is 5.73 Å². The molecule has 0 saturated heterocycles. The molecule has 0 fully saturated rings. The summed E-state index contributed by atoms with van der Waals surface area (Å²) < 4.78 is 9.45. The smallest absolute Gasteiger partial charge is 0.280 e. The van der Waals surface area contributed by atoms with Crippen LogP contribution in [0.2, 0.25) is 0 Å². The number of aromatic nitrogens is 2. The molecule has 7 nitrogen and oxygen atoms in total. The Hall–Kier alpha value is -1.89. The minimum Gasteiger partial charge on any atom is -0.380 e. The maximum Gasteiger partial charge on any atom is 0.280 e. The zero-order valence-electron chi connectivity index (χ0n) is 9.55. The van der Waals surface area contributed by atoms with Gasteiger partial charge in [0.25, 0.3) is 5.91 Å². The van der Waals surface area contributed by atoms with Crippen molar-refractivity contribution in [3.8, 4) is 0 Å². The van der Waals surface area contributed by atoms with Crippen molar-refractivity contribution in [2.24, 2.45) is 0 Å². The summed E-state index contributed by atoms with van der Waals surface area (Å²) in [5, 5.41) is 6.88. The number of rotatable bonds is 3. The first-order chi connectivity index (χ1) is 8.22. The second-order valence-corrected chi connectivity index (χ2v) is 3.79. The number of anilines is 1. The number of nitrogens with zero attached hydrogens (tertiary/aromatic N) is 3. The number of hydrogen-bond donors (Lipinski definition) is 1. The van der Waals surface area contributed by atoms with Crippen molar-refractivity contribution in [3.63, 3.8) is 0 Å². The number of nitrogen functional groups attached to an aromatic ring is 1. The predicted molar refractivity (Wildman–Crippen MR) is 59.2 cm³/mol. The van der Waals surface area contributed by atoms with Gasteiger partial charge in [-0.25, -0.2) is 4.63 Å². The topological polar surface area (TPSA) is 94.5 Å². The van der Waals surface area contributed by atoms with Crippen LogP contribution >= 0.6 is 0 Å². The van der Waals surface area contributed by atoms with Crippen LogP contribution in [0.25, 0.3) is 0 Å². The summed E-state index contributed by atoms with van der Waals surface area (Å²) in [7, 11) is 1.65. The van der Waals surface area contributed by atoms with E-state index in [9.17, 15) is 4.79 Å². The summed E-state index contributed by atoms with van der Waals surface area (Å²) in [5.41, 5.74) is 6.75. The first kappa shape index (κ1) is 11.6. The third-order valence-corrected chi connectivity index (χ3v) is 2.64. The Bertz CT molecular complexity index is 441. The van der Waals surface area contributed by atoms with Gasteiger partial charge in [-0.1, -0.05) is 6.08 Å². The van der Waals surface area contributed by atoms with Gasteiger partial charge >= 0.3 is 0 Å². The number of amides is 1. The lowest BCUT2D eigenvalue weighted by Gasteiger charge is -2.25. The summed E-state index contributed by atoms with van der Waals surface area (Å²) in [5.74, 6) is -0.224. The summed E-state index contributed by atoms with van der Waals surface area (Å²) in [4.78, 5) is 13.6. The molecule has 0 aliphatic carbocycles. The summed E-state index contributed by atoms with van der Waals surface area (Å²) in [6.07, 6.45) is 2.78. The summed E-state index contributed by atoms with van der Waals surface area (Å²) >= 11 is 0. The number of nitrogens with two attached hydrogens (primary N) is 1. The maximum atomic E-state index is 12.0. The van der Waals surface area contributed by atoms with E-state index in [2.05, 4.69) is 14.9 Å². The van der Waals surface area contributed by atoms with Crippen LogP contribution in [0.3, 0.4) is 0 Å². The van der Waals surface area contributed by atoms with Crippen LogP contribution in [-0.2, 0) is 4.74 Å². The highest BCUT2D eigenvalue weighted by molar-refractivity contribution is 5.96. The fraction of sp³-hybridized carbons (Fsp3) is 0.500. The highest BCUT2D eigenvalue weighted by Crippen LogP contribution is 2.15. The van der Waals surface area contributed by atoms with Crippen LogP contribution in [0.4, 0.5) is 5.82 Å². The van der Waals surface area contributed by atoms with Crippen LogP contribution in [-0.4, -0.2) is 47.9 Å². The van der Waals surface area contributed by atoms with Gasteiger partial charge in [-0.05, 0) is 22.3 Å². The molecule has 1 aromatic heterocycles. The largest absolute Gasteiger partial charge is 0.380 e. The van der Waals surface area contributed by atoms with Crippen molar-refractivity contribution in [1.29, 1.82) is 0 Å². The van der Waals surface area contributed by atoms with Crippen molar-refractivity contribution < 1.29 is 14.2 Å². The Morgan fingerprint density at radius 2 is 2.47 bits per heavy atom. The third-order valence-electron chi connectivity index (χ3n) is 2.64. The molecule has 1 aliphatic rings. The number of hydrogen-bond acceptors (Lipinski definition) is 6. The average Bonchev–Trinajstić information content (AvgIpc) is 2.76. The van der Waals surface area contributed by atoms with Gasteiger partial charge in [-0.2, -0.15) is 0 Å². The van der Waals surface area contributed by atoms with E-state index in [4.69, 9.17) is 10.5 Å². The van der Waals surface area contributed by atoms with E-state index in [0.717, 1.165) is 6.42 Å².